The van der Waals surface area contributed by atoms with Gasteiger partial charge in [0.2, 0.25) is 0 Å². The maximum Gasteiger partial charge on any atom is 0.165 e. The summed E-state index contributed by atoms with van der Waals surface area (Å²) in [7, 11) is 1.69. The normalized spacial score (nSPS) is 17.5. The van der Waals surface area contributed by atoms with E-state index in [4.69, 9.17) is 10.5 Å². The van der Waals surface area contributed by atoms with E-state index in [0.717, 1.165) is 23.7 Å². The van der Waals surface area contributed by atoms with Crippen LogP contribution in [0.5, 0.6) is 0 Å². The summed E-state index contributed by atoms with van der Waals surface area (Å²) >= 11 is 3.33. The quantitative estimate of drug-likeness (QED) is 0.686. The van der Waals surface area contributed by atoms with Crippen molar-refractivity contribution in [3.05, 3.63) is 28.2 Å². The first-order valence-electron chi connectivity index (χ1n) is 5.70. The fourth-order valence-corrected chi connectivity index (χ4v) is 2.50. The number of benzene rings is 1. The van der Waals surface area contributed by atoms with E-state index in [-0.39, 0.29) is 11.4 Å². The molecule has 92 valence electrons. The van der Waals surface area contributed by atoms with Gasteiger partial charge in [-0.05, 0) is 53.4 Å². The van der Waals surface area contributed by atoms with Crippen LogP contribution in [0.2, 0.25) is 0 Å². The first kappa shape index (κ1) is 12.6. The van der Waals surface area contributed by atoms with Crippen LogP contribution in [0.25, 0.3) is 0 Å². The Morgan fingerprint density at radius 3 is 2.71 bits per heavy atom. The Bertz CT molecular complexity index is 436. The number of ether oxygens (including phenoxy) is 1. The lowest BCUT2D eigenvalue weighted by molar-refractivity contribution is -0.0704. The van der Waals surface area contributed by atoms with Crippen LogP contribution in [0.1, 0.15) is 36.0 Å². The minimum absolute atomic E-state index is 0.118. The average molecular weight is 298 g/mol. The Morgan fingerprint density at radius 1 is 1.53 bits per heavy atom. The molecule has 0 radical (unpaired) electrons. The van der Waals surface area contributed by atoms with Gasteiger partial charge in [0, 0.05) is 29.3 Å². The van der Waals surface area contributed by atoms with Gasteiger partial charge in [-0.2, -0.15) is 0 Å². The molecule has 1 saturated carbocycles. The molecule has 0 spiro atoms. The van der Waals surface area contributed by atoms with Gasteiger partial charge in [0.05, 0.1) is 5.60 Å². The SMILES string of the molecule is COC1(CC(=O)c2ccc(N)c(Br)c2)CCC1. The van der Waals surface area contributed by atoms with Gasteiger partial charge in [-0.15, -0.1) is 0 Å². The van der Waals surface area contributed by atoms with E-state index in [0.29, 0.717) is 17.7 Å². The number of carbonyl (C=O) groups is 1. The van der Waals surface area contributed by atoms with E-state index in [1.54, 1.807) is 25.3 Å². The van der Waals surface area contributed by atoms with E-state index >= 15 is 0 Å². The Kier molecular flexibility index (Phi) is 3.54. The number of methoxy groups -OCH3 is 1. The Hall–Kier alpha value is -0.870. The summed E-state index contributed by atoms with van der Waals surface area (Å²) in [5.74, 6) is 0.118. The molecule has 0 heterocycles. The topological polar surface area (TPSA) is 52.3 Å². The molecule has 2 N–H and O–H groups in total. The van der Waals surface area contributed by atoms with Crippen LogP contribution in [-0.4, -0.2) is 18.5 Å². The van der Waals surface area contributed by atoms with Crippen LogP contribution in [0.3, 0.4) is 0 Å². The molecule has 0 aromatic heterocycles. The molecule has 1 fully saturated rings. The van der Waals surface area contributed by atoms with Crippen LogP contribution in [0, 0.1) is 0 Å². The number of hydrogen-bond donors (Lipinski definition) is 1. The molecule has 0 atom stereocenters. The van der Waals surface area contributed by atoms with Gasteiger partial charge in [-0.1, -0.05) is 0 Å². The molecule has 17 heavy (non-hydrogen) atoms. The predicted molar refractivity (Wildman–Crippen MR) is 71.1 cm³/mol. The molecule has 3 nitrogen and oxygen atoms in total. The third kappa shape index (κ3) is 2.53. The summed E-state index contributed by atoms with van der Waals surface area (Å²) in [6.07, 6.45) is 3.56. The predicted octanol–water partition coefficient (Wildman–Crippen LogP) is 3.17. The summed E-state index contributed by atoms with van der Waals surface area (Å²) in [6.45, 7) is 0. The number of nitrogen functional groups attached to an aromatic ring is 1. The molecule has 0 saturated heterocycles. The third-order valence-corrected chi connectivity index (χ3v) is 4.19. The summed E-state index contributed by atoms with van der Waals surface area (Å²) in [6, 6.07) is 5.29. The van der Waals surface area contributed by atoms with Gasteiger partial charge in [0.15, 0.2) is 5.78 Å². The van der Waals surface area contributed by atoms with E-state index in [1.807, 2.05) is 0 Å². The maximum atomic E-state index is 12.1. The second-order valence-electron chi connectivity index (χ2n) is 4.58. The lowest BCUT2D eigenvalue weighted by Gasteiger charge is -2.40. The van der Waals surface area contributed by atoms with Crippen molar-refractivity contribution in [2.75, 3.05) is 12.8 Å². The molecule has 1 aliphatic carbocycles. The molecule has 0 aliphatic heterocycles. The standard InChI is InChI=1S/C13H16BrNO2/c1-17-13(5-2-6-13)8-12(16)9-3-4-11(15)10(14)7-9/h3-4,7H,2,5-6,8,15H2,1H3. The van der Waals surface area contributed by atoms with Crippen LogP contribution in [0.15, 0.2) is 22.7 Å². The summed E-state index contributed by atoms with van der Waals surface area (Å²) in [5.41, 5.74) is 6.81. The Morgan fingerprint density at radius 2 is 2.24 bits per heavy atom. The van der Waals surface area contributed by atoms with Crippen molar-refractivity contribution in [1.29, 1.82) is 0 Å². The summed E-state index contributed by atoms with van der Waals surface area (Å²) in [4.78, 5) is 12.1. The van der Waals surface area contributed by atoms with Crippen LogP contribution < -0.4 is 5.73 Å². The fourth-order valence-electron chi connectivity index (χ4n) is 2.12. The number of ketones is 1. The average Bonchev–Trinajstić information content (AvgIpc) is 2.27. The van der Waals surface area contributed by atoms with Crippen LogP contribution in [0.4, 0.5) is 5.69 Å². The molecule has 0 unspecified atom stereocenters. The zero-order valence-electron chi connectivity index (χ0n) is 9.83. The van der Waals surface area contributed by atoms with Gasteiger partial charge in [0.25, 0.3) is 0 Å². The number of halogens is 1. The van der Waals surface area contributed by atoms with Crippen LogP contribution >= 0.6 is 15.9 Å². The highest BCUT2D eigenvalue weighted by Gasteiger charge is 2.39. The molecule has 0 amide bonds. The Labute approximate surface area is 109 Å². The first-order chi connectivity index (χ1) is 8.06. The molecule has 2 rings (SSSR count). The maximum absolute atomic E-state index is 12.1. The zero-order chi connectivity index (χ0) is 12.5. The van der Waals surface area contributed by atoms with Crippen molar-refractivity contribution in [3.8, 4) is 0 Å². The molecule has 4 heteroatoms. The van der Waals surface area contributed by atoms with E-state index in [9.17, 15) is 4.79 Å². The zero-order valence-corrected chi connectivity index (χ0v) is 11.4. The van der Waals surface area contributed by atoms with Crippen molar-refractivity contribution < 1.29 is 9.53 Å². The van der Waals surface area contributed by atoms with Crippen molar-refractivity contribution in [3.63, 3.8) is 0 Å². The number of hydrogen-bond acceptors (Lipinski definition) is 3. The molecule has 1 aliphatic rings. The molecular formula is C13H16BrNO2. The van der Waals surface area contributed by atoms with Gasteiger partial charge in [-0.25, -0.2) is 0 Å². The van der Waals surface area contributed by atoms with E-state index in [2.05, 4.69) is 15.9 Å². The lowest BCUT2D eigenvalue weighted by Crippen LogP contribution is -2.41. The van der Waals surface area contributed by atoms with Crippen molar-refractivity contribution >= 4 is 27.4 Å². The molecule has 1 aromatic carbocycles. The van der Waals surface area contributed by atoms with Crippen molar-refractivity contribution in [2.24, 2.45) is 0 Å². The van der Waals surface area contributed by atoms with Gasteiger partial charge >= 0.3 is 0 Å². The monoisotopic (exact) mass is 297 g/mol. The molecule has 1 aromatic rings. The fraction of sp³-hybridized carbons (Fsp3) is 0.462. The number of rotatable bonds is 4. The molecular weight excluding hydrogens is 282 g/mol. The minimum Gasteiger partial charge on any atom is -0.398 e. The largest absolute Gasteiger partial charge is 0.398 e. The van der Waals surface area contributed by atoms with Crippen molar-refractivity contribution in [1.82, 2.24) is 0 Å². The minimum atomic E-state index is -0.217. The Balaban J connectivity index is 2.11. The smallest absolute Gasteiger partial charge is 0.165 e. The summed E-state index contributed by atoms with van der Waals surface area (Å²) in [5, 5.41) is 0. The first-order valence-corrected chi connectivity index (χ1v) is 6.49. The van der Waals surface area contributed by atoms with Crippen LogP contribution in [-0.2, 0) is 4.74 Å². The molecule has 0 bridgehead atoms. The number of Topliss-reactive ketones (excluding diaryl/α,β-unsaturated/α-hetero) is 1. The lowest BCUT2D eigenvalue weighted by atomic mass is 9.76. The number of nitrogens with two attached hydrogens (primary N) is 1. The van der Waals surface area contributed by atoms with Gasteiger partial charge in [0.1, 0.15) is 0 Å². The van der Waals surface area contributed by atoms with Crippen molar-refractivity contribution in [2.45, 2.75) is 31.3 Å². The van der Waals surface area contributed by atoms with E-state index < -0.39 is 0 Å². The highest BCUT2D eigenvalue weighted by atomic mass is 79.9. The number of carbonyl (C=O) groups excluding carboxylic acids is 1. The second kappa shape index (κ2) is 4.78. The summed E-state index contributed by atoms with van der Waals surface area (Å²) < 4.78 is 6.23. The van der Waals surface area contributed by atoms with Gasteiger partial charge in [-0.3, -0.25) is 4.79 Å². The number of anilines is 1. The highest BCUT2D eigenvalue weighted by Crippen LogP contribution is 2.39. The second-order valence-corrected chi connectivity index (χ2v) is 5.43. The van der Waals surface area contributed by atoms with E-state index in [1.165, 1.54) is 0 Å². The van der Waals surface area contributed by atoms with Gasteiger partial charge < -0.3 is 10.5 Å². The highest BCUT2D eigenvalue weighted by molar-refractivity contribution is 9.10. The third-order valence-electron chi connectivity index (χ3n) is 3.50.